The van der Waals surface area contributed by atoms with Crippen LogP contribution in [-0.2, 0) is 0 Å². The van der Waals surface area contributed by atoms with Gasteiger partial charge in [-0.2, -0.15) is 0 Å². The van der Waals surface area contributed by atoms with Crippen LogP contribution in [0.1, 0.15) is 29.0 Å². The van der Waals surface area contributed by atoms with Gasteiger partial charge < -0.3 is 10.5 Å². The first-order valence-electron chi connectivity index (χ1n) is 7.36. The predicted molar refractivity (Wildman–Crippen MR) is 84.2 cm³/mol. The van der Waals surface area contributed by atoms with Gasteiger partial charge in [0.05, 0.1) is 6.61 Å². The Morgan fingerprint density at radius 2 is 1.86 bits per heavy atom. The van der Waals surface area contributed by atoms with Crippen molar-refractivity contribution in [3.05, 3.63) is 64.7 Å². The number of hydrogen-bond acceptors (Lipinski definition) is 2. The van der Waals surface area contributed by atoms with Crippen LogP contribution in [-0.4, -0.2) is 13.2 Å². The summed E-state index contributed by atoms with van der Waals surface area (Å²) in [5.41, 5.74) is 9.45. The number of rotatable bonds is 6. The van der Waals surface area contributed by atoms with Gasteiger partial charge in [-0.3, -0.25) is 0 Å². The van der Waals surface area contributed by atoms with Crippen molar-refractivity contribution in [1.82, 2.24) is 0 Å². The Morgan fingerprint density at radius 1 is 1.09 bits per heavy atom. The lowest BCUT2D eigenvalue weighted by Crippen LogP contribution is -2.17. The summed E-state index contributed by atoms with van der Waals surface area (Å²) in [6.07, 6.45) is 0.678. The van der Waals surface area contributed by atoms with Crippen molar-refractivity contribution in [2.24, 2.45) is 5.73 Å². The smallest absolute Gasteiger partial charge is 0.167 e. The maximum Gasteiger partial charge on any atom is 0.167 e. The lowest BCUT2D eigenvalue weighted by atomic mass is 9.91. The number of ether oxygens (including phenoxy) is 1. The van der Waals surface area contributed by atoms with E-state index in [4.69, 9.17) is 10.5 Å². The molecule has 22 heavy (non-hydrogen) atoms. The predicted octanol–water partition coefficient (Wildman–Crippen LogP) is 4.09. The summed E-state index contributed by atoms with van der Waals surface area (Å²) in [6, 6.07) is 9.58. The van der Waals surface area contributed by atoms with Gasteiger partial charge in [0.1, 0.15) is 5.82 Å². The number of benzene rings is 2. The number of halogens is 2. The van der Waals surface area contributed by atoms with E-state index in [1.165, 1.54) is 28.8 Å². The van der Waals surface area contributed by atoms with Gasteiger partial charge in [0.2, 0.25) is 0 Å². The average molecular weight is 305 g/mol. The summed E-state index contributed by atoms with van der Waals surface area (Å²) in [4.78, 5) is 0. The molecule has 2 aromatic rings. The van der Waals surface area contributed by atoms with Gasteiger partial charge in [-0.05, 0) is 56.0 Å². The van der Waals surface area contributed by atoms with E-state index in [0.717, 1.165) is 6.07 Å². The minimum absolute atomic E-state index is 0.0677. The van der Waals surface area contributed by atoms with Crippen LogP contribution in [0.15, 0.2) is 36.4 Å². The summed E-state index contributed by atoms with van der Waals surface area (Å²) in [6.45, 7) is 4.93. The van der Waals surface area contributed by atoms with Crippen LogP contribution < -0.4 is 10.5 Å². The summed E-state index contributed by atoms with van der Waals surface area (Å²) >= 11 is 0. The van der Waals surface area contributed by atoms with E-state index in [0.29, 0.717) is 19.6 Å². The zero-order chi connectivity index (χ0) is 16.1. The van der Waals surface area contributed by atoms with Crippen molar-refractivity contribution >= 4 is 0 Å². The normalized spacial score (nSPS) is 12.2. The molecule has 4 heteroatoms. The fraction of sp³-hybridized carbons (Fsp3) is 0.333. The first-order chi connectivity index (χ1) is 10.5. The van der Waals surface area contributed by atoms with Crippen LogP contribution in [0.5, 0.6) is 5.75 Å². The number of nitrogens with two attached hydrogens (primary N) is 1. The summed E-state index contributed by atoms with van der Waals surface area (Å²) in [5, 5.41) is 0. The topological polar surface area (TPSA) is 35.2 Å². The molecule has 0 amide bonds. The monoisotopic (exact) mass is 305 g/mol. The third-order valence-electron chi connectivity index (χ3n) is 3.78. The Labute approximate surface area is 129 Å². The molecule has 2 rings (SSSR count). The molecule has 1 atom stereocenters. The average Bonchev–Trinajstić information content (AvgIpc) is 2.48. The van der Waals surface area contributed by atoms with Gasteiger partial charge in [-0.15, -0.1) is 0 Å². The van der Waals surface area contributed by atoms with Crippen molar-refractivity contribution in [3.8, 4) is 5.75 Å². The zero-order valence-electron chi connectivity index (χ0n) is 12.9. The van der Waals surface area contributed by atoms with Crippen LogP contribution in [0.4, 0.5) is 8.78 Å². The van der Waals surface area contributed by atoms with E-state index in [9.17, 15) is 8.78 Å². The van der Waals surface area contributed by atoms with Crippen LogP contribution in [0, 0.1) is 25.5 Å². The second-order valence-corrected chi connectivity index (χ2v) is 5.50. The van der Waals surface area contributed by atoms with Gasteiger partial charge in [0.15, 0.2) is 11.6 Å². The maximum absolute atomic E-state index is 13.5. The largest absolute Gasteiger partial charge is 0.490 e. The quantitative estimate of drug-likeness (QED) is 0.872. The molecule has 118 valence electrons. The minimum atomic E-state index is -0.684. The molecule has 0 radical (unpaired) electrons. The van der Waals surface area contributed by atoms with Crippen LogP contribution >= 0.6 is 0 Å². The van der Waals surface area contributed by atoms with Gasteiger partial charge in [-0.25, -0.2) is 8.78 Å². The Hall–Kier alpha value is -1.94. The first-order valence-corrected chi connectivity index (χ1v) is 7.36. The highest BCUT2D eigenvalue weighted by Crippen LogP contribution is 2.24. The molecule has 0 aliphatic rings. The summed E-state index contributed by atoms with van der Waals surface area (Å²) < 4.78 is 31.8. The van der Waals surface area contributed by atoms with Crippen LogP contribution in [0.2, 0.25) is 0 Å². The molecule has 0 saturated heterocycles. The zero-order valence-corrected chi connectivity index (χ0v) is 12.9. The fourth-order valence-corrected chi connectivity index (χ4v) is 2.50. The van der Waals surface area contributed by atoms with Crippen LogP contribution in [0.3, 0.4) is 0 Å². The molecular formula is C18H21F2NO. The lowest BCUT2D eigenvalue weighted by Gasteiger charge is -2.18. The standard InChI is InChI=1S/C18H21F2NO/c1-12-3-4-13(2)16(9-12)14(11-21)7-8-22-18-6-5-15(19)10-17(18)20/h3-6,9-10,14H,7-8,11,21H2,1-2H3. The summed E-state index contributed by atoms with van der Waals surface area (Å²) in [7, 11) is 0. The van der Waals surface area contributed by atoms with E-state index in [1.807, 2.05) is 6.92 Å². The maximum atomic E-state index is 13.5. The highest BCUT2D eigenvalue weighted by molar-refractivity contribution is 5.33. The Bertz CT molecular complexity index is 643. The van der Waals surface area contributed by atoms with Crippen molar-refractivity contribution in [1.29, 1.82) is 0 Å². The lowest BCUT2D eigenvalue weighted by molar-refractivity contribution is 0.283. The van der Waals surface area contributed by atoms with Gasteiger partial charge in [0.25, 0.3) is 0 Å². The highest BCUT2D eigenvalue weighted by Gasteiger charge is 2.13. The summed E-state index contributed by atoms with van der Waals surface area (Å²) in [5.74, 6) is -1.07. The molecule has 2 N–H and O–H groups in total. The molecule has 0 aliphatic carbocycles. The molecule has 0 aromatic heterocycles. The molecule has 0 aliphatic heterocycles. The van der Waals surface area contributed by atoms with E-state index >= 15 is 0 Å². The molecule has 0 heterocycles. The number of hydrogen-bond donors (Lipinski definition) is 1. The third kappa shape index (κ3) is 4.04. The van der Waals surface area contributed by atoms with E-state index in [-0.39, 0.29) is 11.7 Å². The second kappa shape index (κ2) is 7.36. The Kier molecular flexibility index (Phi) is 5.50. The molecule has 2 aromatic carbocycles. The fourth-order valence-electron chi connectivity index (χ4n) is 2.50. The van der Waals surface area contributed by atoms with E-state index < -0.39 is 11.6 Å². The molecule has 0 spiro atoms. The van der Waals surface area contributed by atoms with E-state index in [2.05, 4.69) is 25.1 Å². The number of aryl methyl sites for hydroxylation is 2. The molecule has 2 nitrogen and oxygen atoms in total. The van der Waals surface area contributed by atoms with Crippen molar-refractivity contribution in [3.63, 3.8) is 0 Å². The van der Waals surface area contributed by atoms with E-state index in [1.54, 1.807) is 0 Å². The molecule has 0 bridgehead atoms. The van der Waals surface area contributed by atoms with Crippen molar-refractivity contribution < 1.29 is 13.5 Å². The Morgan fingerprint density at radius 3 is 2.55 bits per heavy atom. The van der Waals surface area contributed by atoms with Gasteiger partial charge in [-0.1, -0.05) is 23.8 Å². The van der Waals surface area contributed by atoms with Crippen LogP contribution in [0.25, 0.3) is 0 Å². The minimum Gasteiger partial charge on any atom is -0.490 e. The molecule has 0 fully saturated rings. The Balaban J connectivity index is 2.01. The highest BCUT2D eigenvalue weighted by atomic mass is 19.1. The first kappa shape index (κ1) is 16.4. The van der Waals surface area contributed by atoms with Crippen molar-refractivity contribution in [2.75, 3.05) is 13.2 Å². The third-order valence-corrected chi connectivity index (χ3v) is 3.78. The van der Waals surface area contributed by atoms with Gasteiger partial charge >= 0.3 is 0 Å². The SMILES string of the molecule is Cc1ccc(C)c(C(CN)CCOc2ccc(F)cc2F)c1. The second-order valence-electron chi connectivity index (χ2n) is 5.50. The molecule has 0 saturated carbocycles. The molecule has 1 unspecified atom stereocenters. The molecular weight excluding hydrogens is 284 g/mol. The van der Waals surface area contributed by atoms with Crippen molar-refractivity contribution in [2.45, 2.75) is 26.2 Å². The van der Waals surface area contributed by atoms with Gasteiger partial charge in [0, 0.05) is 6.07 Å².